The fourth-order valence-corrected chi connectivity index (χ4v) is 2.38. The zero-order chi connectivity index (χ0) is 11.4. The molecule has 0 aromatic carbocycles. The van der Waals surface area contributed by atoms with Gasteiger partial charge in [0.15, 0.2) is 0 Å². The maximum Gasteiger partial charge on any atom is 0.0637 e. The number of nitrogens with two attached hydrogens (primary N) is 1. The second-order valence-electron chi connectivity index (χ2n) is 4.02. The van der Waals surface area contributed by atoms with Gasteiger partial charge in [-0.2, -0.15) is 0 Å². The molecule has 16 heavy (non-hydrogen) atoms. The molecule has 1 fully saturated rings. The Bertz CT molecular complexity index is 342. The van der Waals surface area contributed by atoms with Crippen LogP contribution in [0.3, 0.4) is 0 Å². The third-order valence-electron chi connectivity index (χ3n) is 2.99. The minimum Gasteiger partial charge on any atom is -0.381 e. The molecule has 1 aliphatic rings. The van der Waals surface area contributed by atoms with Gasteiger partial charge in [0.05, 0.1) is 17.7 Å². The molecule has 1 saturated heterocycles. The van der Waals surface area contributed by atoms with E-state index in [2.05, 4.69) is 10.4 Å². The summed E-state index contributed by atoms with van der Waals surface area (Å²) in [4.78, 5) is 3.97. The third kappa shape index (κ3) is 2.52. The maximum atomic E-state index is 6.12. The average Bonchev–Trinajstić information content (AvgIpc) is 2.34. The van der Waals surface area contributed by atoms with E-state index in [1.54, 1.807) is 12.4 Å². The minimum atomic E-state index is 0.0378. The molecule has 0 radical (unpaired) electrons. The van der Waals surface area contributed by atoms with Gasteiger partial charge in [0, 0.05) is 24.9 Å². The van der Waals surface area contributed by atoms with Crippen LogP contribution in [0, 0.1) is 5.92 Å². The highest BCUT2D eigenvalue weighted by molar-refractivity contribution is 6.31. The van der Waals surface area contributed by atoms with Gasteiger partial charge < -0.3 is 4.74 Å². The van der Waals surface area contributed by atoms with Crippen LogP contribution in [0.15, 0.2) is 18.5 Å². The first-order chi connectivity index (χ1) is 7.83. The monoisotopic (exact) mass is 241 g/mol. The van der Waals surface area contributed by atoms with Crippen molar-refractivity contribution in [1.82, 2.24) is 10.4 Å². The minimum absolute atomic E-state index is 0.0378. The molecule has 1 aromatic rings. The van der Waals surface area contributed by atoms with E-state index in [1.807, 2.05) is 6.07 Å². The van der Waals surface area contributed by atoms with Gasteiger partial charge in [-0.1, -0.05) is 11.6 Å². The molecule has 0 spiro atoms. The van der Waals surface area contributed by atoms with Gasteiger partial charge in [-0.25, -0.2) is 0 Å². The second kappa shape index (κ2) is 5.59. The van der Waals surface area contributed by atoms with Crippen molar-refractivity contribution in [2.75, 3.05) is 13.2 Å². The van der Waals surface area contributed by atoms with E-state index in [1.165, 1.54) is 0 Å². The van der Waals surface area contributed by atoms with E-state index in [9.17, 15) is 0 Å². The predicted molar refractivity (Wildman–Crippen MR) is 62.9 cm³/mol. The second-order valence-corrected chi connectivity index (χ2v) is 4.43. The van der Waals surface area contributed by atoms with Crippen LogP contribution in [-0.2, 0) is 4.74 Å². The Morgan fingerprint density at radius 1 is 1.62 bits per heavy atom. The summed E-state index contributed by atoms with van der Waals surface area (Å²) >= 11 is 6.12. The number of pyridine rings is 1. The Morgan fingerprint density at radius 3 is 3.12 bits per heavy atom. The van der Waals surface area contributed by atoms with Gasteiger partial charge >= 0.3 is 0 Å². The topological polar surface area (TPSA) is 60.2 Å². The highest BCUT2D eigenvalue weighted by Gasteiger charge is 2.26. The van der Waals surface area contributed by atoms with Crippen molar-refractivity contribution in [3.05, 3.63) is 29.0 Å². The lowest BCUT2D eigenvalue weighted by atomic mass is 9.89. The molecule has 0 aliphatic carbocycles. The normalized spacial score (nSPS) is 23.0. The van der Waals surface area contributed by atoms with Crippen LogP contribution >= 0.6 is 11.6 Å². The summed E-state index contributed by atoms with van der Waals surface area (Å²) in [5, 5.41) is 0.649. The molecule has 1 aromatic heterocycles. The Hall–Kier alpha value is -0.680. The van der Waals surface area contributed by atoms with E-state index in [0.717, 1.165) is 31.6 Å². The molecular weight excluding hydrogens is 226 g/mol. The van der Waals surface area contributed by atoms with E-state index < -0.39 is 0 Å². The molecule has 0 saturated carbocycles. The first kappa shape index (κ1) is 11.8. The Labute approximate surface area is 100 Å². The summed E-state index contributed by atoms with van der Waals surface area (Å²) in [5.74, 6) is 5.99. The number of hydrogen-bond donors (Lipinski definition) is 2. The summed E-state index contributed by atoms with van der Waals surface area (Å²) in [6.45, 7) is 1.57. The van der Waals surface area contributed by atoms with Crippen molar-refractivity contribution in [1.29, 1.82) is 0 Å². The lowest BCUT2D eigenvalue weighted by Gasteiger charge is -2.30. The molecule has 0 amide bonds. The highest BCUT2D eigenvalue weighted by Crippen LogP contribution is 2.31. The van der Waals surface area contributed by atoms with Gasteiger partial charge in [-0.3, -0.25) is 16.3 Å². The number of hydrogen-bond acceptors (Lipinski definition) is 4. The van der Waals surface area contributed by atoms with Crippen molar-refractivity contribution in [3.8, 4) is 0 Å². The van der Waals surface area contributed by atoms with Crippen molar-refractivity contribution in [2.24, 2.45) is 11.8 Å². The number of rotatable bonds is 3. The highest BCUT2D eigenvalue weighted by atomic mass is 35.5. The van der Waals surface area contributed by atoms with Crippen LogP contribution in [0.1, 0.15) is 24.4 Å². The third-order valence-corrected chi connectivity index (χ3v) is 3.30. The first-order valence-corrected chi connectivity index (χ1v) is 5.84. The van der Waals surface area contributed by atoms with Crippen LogP contribution in [0.4, 0.5) is 0 Å². The summed E-state index contributed by atoms with van der Waals surface area (Å²) < 4.78 is 5.47. The van der Waals surface area contributed by atoms with Gasteiger partial charge in [0.2, 0.25) is 0 Å². The maximum absolute atomic E-state index is 6.12. The molecule has 4 nitrogen and oxygen atoms in total. The summed E-state index contributed by atoms with van der Waals surface area (Å²) in [5.41, 5.74) is 3.83. The van der Waals surface area contributed by atoms with Crippen LogP contribution < -0.4 is 11.3 Å². The number of halogens is 1. The molecule has 5 heteroatoms. The largest absolute Gasteiger partial charge is 0.381 e. The molecule has 3 N–H and O–H groups in total. The van der Waals surface area contributed by atoms with Crippen molar-refractivity contribution in [3.63, 3.8) is 0 Å². The average molecular weight is 242 g/mol. The van der Waals surface area contributed by atoms with Crippen LogP contribution in [0.25, 0.3) is 0 Å². The Morgan fingerprint density at radius 2 is 2.50 bits per heavy atom. The standard InChI is InChI=1S/C11H16ClN3O/c12-10-6-14-4-3-9(10)11(15-13)8-2-1-5-16-7-8/h3-4,6,8,11,15H,1-2,5,7,13H2. The van der Waals surface area contributed by atoms with Gasteiger partial charge in [-0.05, 0) is 24.5 Å². The van der Waals surface area contributed by atoms with Crippen molar-refractivity contribution < 1.29 is 4.74 Å². The first-order valence-electron chi connectivity index (χ1n) is 5.46. The smallest absolute Gasteiger partial charge is 0.0637 e. The number of hydrazine groups is 1. The molecule has 1 aliphatic heterocycles. The SMILES string of the molecule is NNC(c1ccncc1Cl)C1CCCOC1. The van der Waals surface area contributed by atoms with Crippen molar-refractivity contribution in [2.45, 2.75) is 18.9 Å². The van der Waals surface area contributed by atoms with Gasteiger partial charge in [-0.15, -0.1) is 0 Å². The molecular formula is C11H16ClN3O. The molecule has 2 heterocycles. The van der Waals surface area contributed by atoms with E-state index >= 15 is 0 Å². The summed E-state index contributed by atoms with van der Waals surface area (Å²) in [6.07, 6.45) is 5.55. The fourth-order valence-electron chi connectivity index (χ4n) is 2.15. The molecule has 2 rings (SSSR count). The summed E-state index contributed by atoms with van der Waals surface area (Å²) in [7, 11) is 0. The number of nitrogens with zero attached hydrogens (tertiary/aromatic N) is 1. The lowest BCUT2D eigenvalue weighted by molar-refractivity contribution is 0.0390. The van der Waals surface area contributed by atoms with Crippen LogP contribution in [0.2, 0.25) is 5.02 Å². The van der Waals surface area contributed by atoms with Gasteiger partial charge in [0.25, 0.3) is 0 Å². The van der Waals surface area contributed by atoms with E-state index in [-0.39, 0.29) is 6.04 Å². The molecule has 88 valence electrons. The molecule has 2 unspecified atom stereocenters. The number of aromatic nitrogens is 1. The van der Waals surface area contributed by atoms with E-state index in [4.69, 9.17) is 22.2 Å². The van der Waals surface area contributed by atoms with Gasteiger partial charge in [0.1, 0.15) is 0 Å². The van der Waals surface area contributed by atoms with Crippen LogP contribution in [0.5, 0.6) is 0 Å². The number of ether oxygens (including phenoxy) is 1. The fraction of sp³-hybridized carbons (Fsp3) is 0.545. The number of nitrogens with one attached hydrogen (secondary N) is 1. The summed E-state index contributed by atoms with van der Waals surface area (Å²) in [6, 6.07) is 1.94. The van der Waals surface area contributed by atoms with Crippen molar-refractivity contribution >= 4 is 11.6 Å². The Balaban J connectivity index is 2.18. The quantitative estimate of drug-likeness (QED) is 0.624. The molecule has 2 atom stereocenters. The van der Waals surface area contributed by atoms with E-state index in [0.29, 0.717) is 10.9 Å². The lowest BCUT2D eigenvalue weighted by Crippen LogP contribution is -2.37. The zero-order valence-corrected chi connectivity index (χ0v) is 9.78. The predicted octanol–water partition coefficient (Wildman–Crippen LogP) is 1.67. The van der Waals surface area contributed by atoms with Crippen LogP contribution in [-0.4, -0.2) is 18.2 Å². The molecule has 0 bridgehead atoms. The Kier molecular flexibility index (Phi) is 4.12. The zero-order valence-electron chi connectivity index (χ0n) is 9.03.